The Balaban J connectivity index is 1.73. The minimum Gasteiger partial charge on any atom is -0.486 e. The second-order valence-corrected chi connectivity index (χ2v) is 4.96. The van der Waals surface area contributed by atoms with Crippen LogP contribution < -0.4 is 14.8 Å². The van der Waals surface area contributed by atoms with Gasteiger partial charge in [0, 0.05) is 5.56 Å². The van der Waals surface area contributed by atoms with Gasteiger partial charge in [0.1, 0.15) is 13.2 Å². The van der Waals surface area contributed by atoms with Crippen molar-refractivity contribution in [2.24, 2.45) is 0 Å². The van der Waals surface area contributed by atoms with Gasteiger partial charge in [-0.3, -0.25) is 4.79 Å². The van der Waals surface area contributed by atoms with Crippen molar-refractivity contribution in [3.8, 4) is 11.5 Å². The van der Waals surface area contributed by atoms with Gasteiger partial charge in [-0.15, -0.1) is 0 Å². The van der Waals surface area contributed by atoms with Crippen molar-refractivity contribution < 1.29 is 14.3 Å². The quantitative estimate of drug-likeness (QED) is 0.942. The summed E-state index contributed by atoms with van der Waals surface area (Å²) in [5.41, 5.74) is 1.64. The molecule has 1 atom stereocenters. The topological polar surface area (TPSA) is 47.6 Å². The summed E-state index contributed by atoms with van der Waals surface area (Å²) in [5.74, 6) is 1.19. The number of hydrogen-bond acceptors (Lipinski definition) is 3. The van der Waals surface area contributed by atoms with Crippen molar-refractivity contribution in [2.45, 2.75) is 13.0 Å². The number of carbonyl (C=O) groups is 1. The lowest BCUT2D eigenvalue weighted by atomic mass is 10.1. The number of fused-ring (bicyclic) bond motifs is 1. The Morgan fingerprint density at radius 3 is 2.52 bits per heavy atom. The smallest absolute Gasteiger partial charge is 0.251 e. The van der Waals surface area contributed by atoms with Crippen molar-refractivity contribution in [1.29, 1.82) is 0 Å². The fourth-order valence-electron chi connectivity index (χ4n) is 2.29. The molecule has 2 aromatic carbocycles. The van der Waals surface area contributed by atoms with Crippen LogP contribution in [0.5, 0.6) is 11.5 Å². The molecule has 0 aromatic heterocycles. The minimum atomic E-state index is -0.122. The van der Waals surface area contributed by atoms with Gasteiger partial charge in [-0.25, -0.2) is 0 Å². The zero-order chi connectivity index (χ0) is 14.7. The van der Waals surface area contributed by atoms with Crippen LogP contribution in [0.2, 0.25) is 0 Å². The van der Waals surface area contributed by atoms with E-state index in [9.17, 15) is 4.79 Å². The van der Waals surface area contributed by atoms with Crippen molar-refractivity contribution in [3.63, 3.8) is 0 Å². The molecule has 1 aliphatic rings. The van der Waals surface area contributed by atoms with E-state index in [0.29, 0.717) is 30.3 Å². The van der Waals surface area contributed by atoms with E-state index in [1.54, 1.807) is 18.2 Å². The maximum Gasteiger partial charge on any atom is 0.251 e. The predicted molar refractivity (Wildman–Crippen MR) is 79.8 cm³/mol. The summed E-state index contributed by atoms with van der Waals surface area (Å²) in [4.78, 5) is 12.3. The van der Waals surface area contributed by atoms with Gasteiger partial charge in [0.15, 0.2) is 11.5 Å². The first-order valence-electron chi connectivity index (χ1n) is 6.99. The number of carbonyl (C=O) groups excluding carboxylic acids is 1. The summed E-state index contributed by atoms with van der Waals surface area (Å²) < 4.78 is 11.0. The lowest BCUT2D eigenvalue weighted by molar-refractivity contribution is 0.0938. The third kappa shape index (κ3) is 2.99. The Hall–Kier alpha value is -2.49. The molecular formula is C17H17NO3. The normalized spacial score (nSPS) is 14.3. The number of hydrogen-bond donors (Lipinski definition) is 1. The first-order valence-corrected chi connectivity index (χ1v) is 6.99. The van der Waals surface area contributed by atoms with Crippen molar-refractivity contribution in [2.75, 3.05) is 13.2 Å². The molecule has 0 radical (unpaired) electrons. The van der Waals surface area contributed by atoms with Crippen LogP contribution >= 0.6 is 0 Å². The van der Waals surface area contributed by atoms with Gasteiger partial charge in [-0.05, 0) is 30.7 Å². The lowest BCUT2D eigenvalue weighted by Gasteiger charge is -2.19. The Morgan fingerprint density at radius 2 is 1.76 bits per heavy atom. The zero-order valence-corrected chi connectivity index (χ0v) is 11.8. The third-order valence-electron chi connectivity index (χ3n) is 3.45. The second-order valence-electron chi connectivity index (χ2n) is 4.96. The van der Waals surface area contributed by atoms with E-state index in [2.05, 4.69) is 5.32 Å². The largest absolute Gasteiger partial charge is 0.486 e. The first kappa shape index (κ1) is 13.5. The van der Waals surface area contributed by atoms with E-state index in [0.717, 1.165) is 5.56 Å². The highest BCUT2D eigenvalue weighted by molar-refractivity contribution is 5.95. The van der Waals surface area contributed by atoms with Gasteiger partial charge in [-0.1, -0.05) is 30.3 Å². The van der Waals surface area contributed by atoms with E-state index in [4.69, 9.17) is 9.47 Å². The molecule has 0 saturated heterocycles. The molecule has 1 amide bonds. The molecule has 0 unspecified atom stereocenters. The third-order valence-corrected chi connectivity index (χ3v) is 3.45. The highest BCUT2D eigenvalue weighted by Crippen LogP contribution is 2.30. The molecule has 4 heteroatoms. The van der Waals surface area contributed by atoms with Crippen LogP contribution in [0.4, 0.5) is 0 Å². The Morgan fingerprint density at radius 1 is 1.05 bits per heavy atom. The Kier molecular flexibility index (Phi) is 3.77. The van der Waals surface area contributed by atoms with E-state index in [-0.39, 0.29) is 11.9 Å². The maximum atomic E-state index is 12.3. The molecule has 0 fully saturated rings. The van der Waals surface area contributed by atoms with Gasteiger partial charge in [0.2, 0.25) is 0 Å². The van der Waals surface area contributed by atoms with Crippen molar-refractivity contribution in [3.05, 3.63) is 59.7 Å². The monoisotopic (exact) mass is 283 g/mol. The molecule has 4 nitrogen and oxygen atoms in total. The molecule has 0 aliphatic carbocycles. The standard InChI is InChI=1S/C17H17NO3/c1-12(13-5-3-2-4-6-13)18-17(19)14-7-8-15-16(11-14)21-10-9-20-15/h2-8,11-12H,9-10H2,1H3,(H,18,19)/t12-/m1/s1. The molecule has 0 saturated carbocycles. The molecule has 0 bridgehead atoms. The summed E-state index contributed by atoms with van der Waals surface area (Å²) in [7, 11) is 0. The van der Waals surface area contributed by atoms with E-state index in [1.807, 2.05) is 37.3 Å². The summed E-state index contributed by atoms with van der Waals surface area (Å²) in [6, 6.07) is 15.1. The van der Waals surface area contributed by atoms with Gasteiger partial charge >= 0.3 is 0 Å². The molecule has 1 N–H and O–H groups in total. The van der Waals surface area contributed by atoms with Crippen molar-refractivity contribution >= 4 is 5.91 Å². The Bertz CT molecular complexity index is 640. The summed E-state index contributed by atoms with van der Waals surface area (Å²) in [6.45, 7) is 3.02. The SMILES string of the molecule is C[C@@H](NC(=O)c1ccc2c(c1)OCCO2)c1ccccc1. The predicted octanol–water partition coefficient (Wildman–Crippen LogP) is 2.95. The fraction of sp³-hybridized carbons (Fsp3) is 0.235. The van der Waals surface area contributed by atoms with Crippen LogP contribution in [0.3, 0.4) is 0 Å². The average molecular weight is 283 g/mol. The van der Waals surface area contributed by atoms with E-state index >= 15 is 0 Å². The lowest BCUT2D eigenvalue weighted by Crippen LogP contribution is -2.26. The van der Waals surface area contributed by atoms with Gasteiger partial charge in [0.05, 0.1) is 6.04 Å². The number of nitrogens with one attached hydrogen (secondary N) is 1. The molecule has 0 spiro atoms. The molecule has 3 rings (SSSR count). The average Bonchev–Trinajstić information content (AvgIpc) is 2.55. The molecule has 21 heavy (non-hydrogen) atoms. The highest BCUT2D eigenvalue weighted by atomic mass is 16.6. The van der Waals surface area contributed by atoms with Crippen LogP contribution in [0.15, 0.2) is 48.5 Å². The van der Waals surface area contributed by atoms with Crippen LogP contribution in [-0.2, 0) is 0 Å². The molecule has 1 aliphatic heterocycles. The second kappa shape index (κ2) is 5.87. The summed E-state index contributed by atoms with van der Waals surface area (Å²) in [5, 5.41) is 2.98. The van der Waals surface area contributed by atoms with Crippen LogP contribution in [-0.4, -0.2) is 19.1 Å². The molecular weight excluding hydrogens is 266 g/mol. The van der Waals surface area contributed by atoms with Gasteiger partial charge in [0.25, 0.3) is 5.91 Å². The number of benzene rings is 2. The summed E-state index contributed by atoms with van der Waals surface area (Å²) >= 11 is 0. The molecule has 1 heterocycles. The van der Waals surface area contributed by atoms with Crippen LogP contribution in [0.1, 0.15) is 28.9 Å². The van der Waals surface area contributed by atoms with Crippen LogP contribution in [0.25, 0.3) is 0 Å². The zero-order valence-electron chi connectivity index (χ0n) is 11.8. The van der Waals surface area contributed by atoms with Crippen LogP contribution in [0, 0.1) is 0 Å². The van der Waals surface area contributed by atoms with Gasteiger partial charge < -0.3 is 14.8 Å². The van der Waals surface area contributed by atoms with Gasteiger partial charge in [-0.2, -0.15) is 0 Å². The van der Waals surface area contributed by atoms with Crippen molar-refractivity contribution in [1.82, 2.24) is 5.32 Å². The molecule has 2 aromatic rings. The minimum absolute atomic E-state index is 0.0492. The van der Waals surface area contributed by atoms with E-state index < -0.39 is 0 Å². The number of rotatable bonds is 3. The number of ether oxygens (including phenoxy) is 2. The fourth-order valence-corrected chi connectivity index (χ4v) is 2.29. The molecule has 108 valence electrons. The summed E-state index contributed by atoms with van der Waals surface area (Å²) in [6.07, 6.45) is 0. The maximum absolute atomic E-state index is 12.3. The highest BCUT2D eigenvalue weighted by Gasteiger charge is 2.16. The first-order chi connectivity index (χ1) is 10.2. The van der Waals surface area contributed by atoms with E-state index in [1.165, 1.54) is 0 Å². The number of amides is 1. The Labute approximate surface area is 123 Å².